The standard InChI is InChI=1S/C29H38N4O2/c1-21(2)35-20-26(34)19-32-14-16-33(17-15-32)29-27(18-25-13-9-8-10-22(25)3)23(4)30-28(31-29)24-11-6-5-7-12-24/h5-13,21,26,34H,14-20H2,1-4H3. The van der Waals surface area contributed by atoms with Crippen LogP contribution in [-0.4, -0.2) is 71.5 Å². The van der Waals surface area contributed by atoms with Crippen molar-refractivity contribution in [2.45, 2.75) is 46.3 Å². The number of β-amino-alcohol motifs (C(OH)–C–C–N with tert-alkyl or cyclic N) is 1. The first-order chi connectivity index (χ1) is 16.9. The number of anilines is 1. The molecule has 1 saturated heterocycles. The first-order valence-corrected chi connectivity index (χ1v) is 12.6. The molecular weight excluding hydrogens is 436 g/mol. The van der Waals surface area contributed by atoms with E-state index < -0.39 is 6.10 Å². The number of benzene rings is 2. The summed E-state index contributed by atoms with van der Waals surface area (Å²) < 4.78 is 5.58. The highest BCUT2D eigenvalue weighted by atomic mass is 16.5. The van der Waals surface area contributed by atoms with E-state index in [9.17, 15) is 5.11 Å². The highest BCUT2D eigenvalue weighted by Gasteiger charge is 2.24. The van der Waals surface area contributed by atoms with Crippen molar-refractivity contribution in [1.29, 1.82) is 0 Å². The highest BCUT2D eigenvalue weighted by Crippen LogP contribution is 2.29. The lowest BCUT2D eigenvalue weighted by Gasteiger charge is -2.37. The third kappa shape index (κ3) is 6.66. The van der Waals surface area contributed by atoms with E-state index in [1.54, 1.807) is 0 Å². The third-order valence-corrected chi connectivity index (χ3v) is 6.62. The number of ether oxygens (including phenoxy) is 1. The van der Waals surface area contributed by atoms with Crippen LogP contribution >= 0.6 is 0 Å². The smallest absolute Gasteiger partial charge is 0.161 e. The minimum Gasteiger partial charge on any atom is -0.389 e. The van der Waals surface area contributed by atoms with Crippen LogP contribution < -0.4 is 4.90 Å². The minimum atomic E-state index is -0.466. The number of aromatic nitrogens is 2. The second-order valence-electron chi connectivity index (χ2n) is 9.73. The summed E-state index contributed by atoms with van der Waals surface area (Å²) in [5.74, 6) is 1.80. The molecule has 1 aromatic heterocycles. The zero-order valence-corrected chi connectivity index (χ0v) is 21.4. The fraction of sp³-hybridized carbons (Fsp3) is 0.448. The van der Waals surface area contributed by atoms with Gasteiger partial charge >= 0.3 is 0 Å². The Morgan fingerprint density at radius 3 is 2.29 bits per heavy atom. The normalized spacial score (nSPS) is 15.5. The first-order valence-electron chi connectivity index (χ1n) is 12.6. The second-order valence-corrected chi connectivity index (χ2v) is 9.73. The summed E-state index contributed by atoms with van der Waals surface area (Å²) in [6.45, 7) is 12.8. The van der Waals surface area contributed by atoms with Crippen molar-refractivity contribution in [2.75, 3.05) is 44.2 Å². The topological polar surface area (TPSA) is 61.7 Å². The van der Waals surface area contributed by atoms with Crippen molar-refractivity contribution in [3.63, 3.8) is 0 Å². The van der Waals surface area contributed by atoms with Crippen LogP contribution in [0.2, 0.25) is 0 Å². The SMILES string of the molecule is Cc1ccccc1Cc1c(C)nc(-c2ccccc2)nc1N1CCN(CC(O)COC(C)C)CC1. The van der Waals surface area contributed by atoms with Crippen LogP contribution in [0, 0.1) is 13.8 Å². The molecule has 6 heteroatoms. The maximum absolute atomic E-state index is 10.4. The van der Waals surface area contributed by atoms with Gasteiger partial charge in [-0.1, -0.05) is 54.6 Å². The molecule has 6 nitrogen and oxygen atoms in total. The Kier molecular flexibility index (Phi) is 8.50. The number of aliphatic hydroxyl groups excluding tert-OH is 1. The zero-order valence-electron chi connectivity index (χ0n) is 21.4. The number of hydrogen-bond acceptors (Lipinski definition) is 6. The van der Waals surface area contributed by atoms with Gasteiger partial charge in [0.05, 0.1) is 18.8 Å². The molecule has 0 bridgehead atoms. The van der Waals surface area contributed by atoms with E-state index in [-0.39, 0.29) is 6.10 Å². The lowest BCUT2D eigenvalue weighted by Crippen LogP contribution is -2.49. The van der Waals surface area contributed by atoms with Crippen LogP contribution in [0.4, 0.5) is 5.82 Å². The Bertz CT molecular complexity index is 1100. The molecule has 1 N–H and O–H groups in total. The molecule has 4 rings (SSSR count). The molecule has 1 aliphatic rings. The maximum atomic E-state index is 10.4. The molecule has 35 heavy (non-hydrogen) atoms. The van der Waals surface area contributed by atoms with Gasteiger partial charge in [-0.05, 0) is 38.8 Å². The van der Waals surface area contributed by atoms with E-state index in [4.69, 9.17) is 14.7 Å². The number of nitrogens with zero attached hydrogens (tertiary/aromatic N) is 4. The number of aryl methyl sites for hydroxylation is 2. The quantitative estimate of drug-likeness (QED) is 0.500. The molecule has 3 aromatic rings. The molecule has 186 valence electrons. The summed E-state index contributed by atoms with van der Waals surface area (Å²) >= 11 is 0. The monoisotopic (exact) mass is 474 g/mol. The zero-order chi connectivity index (χ0) is 24.8. The maximum Gasteiger partial charge on any atom is 0.161 e. The van der Waals surface area contributed by atoms with Crippen LogP contribution in [-0.2, 0) is 11.2 Å². The van der Waals surface area contributed by atoms with Crippen LogP contribution in [0.15, 0.2) is 54.6 Å². The Morgan fingerprint density at radius 1 is 0.914 bits per heavy atom. The summed E-state index contributed by atoms with van der Waals surface area (Å²) in [5.41, 5.74) is 5.84. The summed E-state index contributed by atoms with van der Waals surface area (Å²) in [7, 11) is 0. The van der Waals surface area contributed by atoms with Gasteiger partial charge in [0.25, 0.3) is 0 Å². The predicted octanol–water partition coefficient (Wildman–Crippen LogP) is 4.26. The van der Waals surface area contributed by atoms with E-state index in [0.29, 0.717) is 13.2 Å². The summed E-state index contributed by atoms with van der Waals surface area (Å²) in [4.78, 5) is 14.7. The Balaban J connectivity index is 1.56. The molecule has 1 fully saturated rings. The van der Waals surface area contributed by atoms with Crippen LogP contribution in [0.1, 0.15) is 36.2 Å². The molecule has 2 heterocycles. The van der Waals surface area contributed by atoms with Gasteiger partial charge < -0.3 is 14.7 Å². The lowest BCUT2D eigenvalue weighted by atomic mass is 9.99. The molecule has 0 radical (unpaired) electrons. The van der Waals surface area contributed by atoms with Gasteiger partial charge in [-0.25, -0.2) is 9.97 Å². The largest absolute Gasteiger partial charge is 0.389 e. The molecule has 0 spiro atoms. The average molecular weight is 475 g/mol. The molecular formula is C29H38N4O2. The number of rotatable bonds is 9. The second kappa shape index (κ2) is 11.8. The van der Waals surface area contributed by atoms with E-state index in [2.05, 4.69) is 60.0 Å². The Hall–Kier alpha value is -2.80. The number of hydrogen-bond donors (Lipinski definition) is 1. The first kappa shape index (κ1) is 25.3. The molecule has 1 aliphatic heterocycles. The minimum absolute atomic E-state index is 0.132. The summed E-state index contributed by atoms with van der Waals surface area (Å²) in [6, 6.07) is 18.8. The fourth-order valence-corrected chi connectivity index (χ4v) is 4.56. The van der Waals surface area contributed by atoms with Gasteiger partial charge in [0.15, 0.2) is 5.82 Å². The van der Waals surface area contributed by atoms with Gasteiger partial charge in [0, 0.05) is 56.0 Å². The van der Waals surface area contributed by atoms with Gasteiger partial charge in [0.2, 0.25) is 0 Å². The van der Waals surface area contributed by atoms with Crippen LogP contribution in [0.3, 0.4) is 0 Å². The highest BCUT2D eigenvalue weighted by molar-refractivity contribution is 5.61. The Labute approximate surface area is 209 Å². The van der Waals surface area contributed by atoms with Crippen LogP contribution in [0.5, 0.6) is 0 Å². The van der Waals surface area contributed by atoms with Crippen molar-refractivity contribution in [3.8, 4) is 11.4 Å². The summed E-state index contributed by atoms with van der Waals surface area (Å²) in [6.07, 6.45) is 0.480. The van der Waals surface area contributed by atoms with Crippen molar-refractivity contribution >= 4 is 5.82 Å². The van der Waals surface area contributed by atoms with E-state index in [1.165, 1.54) is 16.7 Å². The number of piperazine rings is 1. The number of aliphatic hydroxyl groups is 1. The molecule has 0 saturated carbocycles. The van der Waals surface area contributed by atoms with Gasteiger partial charge in [-0.3, -0.25) is 4.90 Å². The van der Waals surface area contributed by atoms with Crippen molar-refractivity contribution < 1.29 is 9.84 Å². The van der Waals surface area contributed by atoms with Crippen molar-refractivity contribution in [3.05, 3.63) is 77.0 Å². The molecule has 0 aliphatic carbocycles. The van der Waals surface area contributed by atoms with Crippen LogP contribution in [0.25, 0.3) is 11.4 Å². The molecule has 1 unspecified atom stereocenters. The van der Waals surface area contributed by atoms with E-state index in [0.717, 1.165) is 55.5 Å². The fourth-order valence-electron chi connectivity index (χ4n) is 4.56. The molecule has 0 amide bonds. The van der Waals surface area contributed by atoms with Crippen molar-refractivity contribution in [1.82, 2.24) is 14.9 Å². The van der Waals surface area contributed by atoms with Gasteiger partial charge in [-0.2, -0.15) is 0 Å². The summed E-state index contributed by atoms with van der Waals surface area (Å²) in [5, 5.41) is 10.4. The van der Waals surface area contributed by atoms with E-state index >= 15 is 0 Å². The van der Waals surface area contributed by atoms with Crippen molar-refractivity contribution in [2.24, 2.45) is 0 Å². The average Bonchev–Trinajstić information content (AvgIpc) is 2.86. The van der Waals surface area contributed by atoms with Gasteiger partial charge in [-0.15, -0.1) is 0 Å². The van der Waals surface area contributed by atoms with Gasteiger partial charge in [0.1, 0.15) is 5.82 Å². The third-order valence-electron chi connectivity index (χ3n) is 6.62. The molecule has 1 atom stereocenters. The lowest BCUT2D eigenvalue weighted by molar-refractivity contribution is -0.00901. The van der Waals surface area contributed by atoms with E-state index in [1.807, 2.05) is 32.0 Å². The molecule has 2 aromatic carbocycles. The Morgan fingerprint density at radius 2 is 1.60 bits per heavy atom. The predicted molar refractivity (Wildman–Crippen MR) is 142 cm³/mol.